The van der Waals surface area contributed by atoms with Crippen LogP contribution in [0.15, 0.2) is 0 Å². The average Bonchev–Trinajstić information content (AvgIpc) is 2.28. The molecule has 3 N–H and O–H groups in total. The van der Waals surface area contributed by atoms with Gasteiger partial charge < -0.3 is 20.6 Å². The Bertz CT molecular complexity index is 299. The van der Waals surface area contributed by atoms with Gasteiger partial charge in [0.2, 0.25) is 0 Å². The number of nitrogens with one attached hydrogen (secondary N) is 2. The summed E-state index contributed by atoms with van der Waals surface area (Å²) < 4.78 is 0. The molecular weight excluding hydrogens is 222 g/mol. The van der Waals surface area contributed by atoms with Crippen molar-refractivity contribution in [3.8, 4) is 12.3 Å². The molecule has 0 saturated carbocycles. The fourth-order valence-electron chi connectivity index (χ4n) is 1.05. The number of hydrogen-bond acceptors (Lipinski definition) is 3. The standard InChI is InChI=1S/C11H19N3O3/c1-4-6-9(10(15)16)13-11(17)12-7-8-14(3)5-2/h1,9H,5-8H2,2-3H3,(H,15,16)(H2,12,13,17). The van der Waals surface area contributed by atoms with Gasteiger partial charge in [0.05, 0.1) is 0 Å². The Morgan fingerprint density at radius 1 is 1.53 bits per heavy atom. The van der Waals surface area contributed by atoms with Gasteiger partial charge in [-0.15, -0.1) is 12.3 Å². The van der Waals surface area contributed by atoms with Crippen LogP contribution in [0.5, 0.6) is 0 Å². The van der Waals surface area contributed by atoms with Crippen LogP contribution in [0.3, 0.4) is 0 Å². The first-order valence-corrected chi connectivity index (χ1v) is 5.40. The molecule has 0 heterocycles. The third-order valence-corrected chi connectivity index (χ3v) is 2.24. The molecule has 0 aromatic carbocycles. The SMILES string of the molecule is C#CCC(NC(=O)NCCN(C)CC)C(=O)O. The van der Waals surface area contributed by atoms with E-state index in [1.165, 1.54) is 0 Å². The number of carboxylic acids is 1. The summed E-state index contributed by atoms with van der Waals surface area (Å²) in [6.45, 7) is 4.06. The molecular formula is C11H19N3O3. The van der Waals surface area contributed by atoms with E-state index in [4.69, 9.17) is 11.5 Å². The molecule has 0 aliphatic rings. The van der Waals surface area contributed by atoms with E-state index >= 15 is 0 Å². The van der Waals surface area contributed by atoms with Crippen molar-refractivity contribution in [2.45, 2.75) is 19.4 Å². The van der Waals surface area contributed by atoms with Gasteiger partial charge in [0.1, 0.15) is 6.04 Å². The van der Waals surface area contributed by atoms with Crippen molar-refractivity contribution in [1.29, 1.82) is 0 Å². The van der Waals surface area contributed by atoms with E-state index in [9.17, 15) is 9.59 Å². The number of urea groups is 1. The summed E-state index contributed by atoms with van der Waals surface area (Å²) in [4.78, 5) is 24.1. The van der Waals surface area contributed by atoms with E-state index in [0.717, 1.165) is 6.54 Å². The van der Waals surface area contributed by atoms with Gasteiger partial charge in [-0.25, -0.2) is 9.59 Å². The molecule has 0 rings (SSSR count). The highest BCUT2D eigenvalue weighted by Gasteiger charge is 2.18. The highest BCUT2D eigenvalue weighted by molar-refractivity contribution is 5.82. The van der Waals surface area contributed by atoms with Crippen LogP contribution >= 0.6 is 0 Å². The van der Waals surface area contributed by atoms with Gasteiger partial charge in [0, 0.05) is 19.5 Å². The topological polar surface area (TPSA) is 81.7 Å². The molecule has 0 fully saturated rings. The van der Waals surface area contributed by atoms with Crippen molar-refractivity contribution in [3.63, 3.8) is 0 Å². The van der Waals surface area contributed by atoms with E-state index in [-0.39, 0.29) is 6.42 Å². The molecule has 1 unspecified atom stereocenters. The third-order valence-electron chi connectivity index (χ3n) is 2.24. The number of hydrogen-bond donors (Lipinski definition) is 3. The van der Waals surface area contributed by atoms with Crippen LogP contribution in [0.25, 0.3) is 0 Å². The minimum absolute atomic E-state index is 0.0301. The first kappa shape index (κ1) is 15.3. The predicted octanol–water partition coefficient (Wildman–Crippen LogP) is -0.286. The summed E-state index contributed by atoms with van der Waals surface area (Å²) in [5, 5.41) is 13.6. The van der Waals surface area contributed by atoms with Crippen LogP contribution in [0, 0.1) is 12.3 Å². The number of carbonyl (C=O) groups is 2. The minimum atomic E-state index is -1.14. The van der Waals surface area contributed by atoms with Crippen LogP contribution < -0.4 is 10.6 Å². The number of carboxylic acid groups (broad SMARTS) is 1. The third kappa shape index (κ3) is 7.19. The second-order valence-electron chi connectivity index (χ2n) is 3.60. The lowest BCUT2D eigenvalue weighted by molar-refractivity contribution is -0.139. The first-order valence-electron chi connectivity index (χ1n) is 5.40. The fraction of sp³-hybridized carbons (Fsp3) is 0.636. The van der Waals surface area contributed by atoms with Gasteiger partial charge in [-0.3, -0.25) is 0 Å². The summed E-state index contributed by atoms with van der Waals surface area (Å²) in [5.74, 6) is 1.07. The van der Waals surface area contributed by atoms with Crippen LogP contribution in [-0.2, 0) is 4.79 Å². The Hall–Kier alpha value is -1.74. The molecule has 6 nitrogen and oxygen atoms in total. The maximum Gasteiger partial charge on any atom is 0.327 e. The summed E-state index contributed by atoms with van der Waals surface area (Å²) in [5.41, 5.74) is 0. The Balaban J connectivity index is 3.91. The van der Waals surface area contributed by atoms with Crippen molar-refractivity contribution in [3.05, 3.63) is 0 Å². The predicted molar refractivity (Wildman–Crippen MR) is 64.6 cm³/mol. The monoisotopic (exact) mass is 241 g/mol. The quantitative estimate of drug-likeness (QED) is 0.535. The fourth-order valence-corrected chi connectivity index (χ4v) is 1.05. The Kier molecular flexibility index (Phi) is 7.55. The number of carbonyl (C=O) groups excluding carboxylic acids is 1. The normalized spacial score (nSPS) is 11.6. The molecule has 0 saturated heterocycles. The van der Waals surface area contributed by atoms with Crippen molar-refractivity contribution in [2.24, 2.45) is 0 Å². The van der Waals surface area contributed by atoms with E-state index < -0.39 is 18.0 Å². The van der Waals surface area contributed by atoms with Gasteiger partial charge in [-0.05, 0) is 13.6 Å². The highest BCUT2D eigenvalue weighted by atomic mass is 16.4. The van der Waals surface area contributed by atoms with Crippen LogP contribution in [0.4, 0.5) is 4.79 Å². The molecule has 0 aliphatic heterocycles. The van der Waals surface area contributed by atoms with Crippen molar-refractivity contribution >= 4 is 12.0 Å². The van der Waals surface area contributed by atoms with Crippen LogP contribution in [0.1, 0.15) is 13.3 Å². The maximum atomic E-state index is 11.3. The smallest absolute Gasteiger partial charge is 0.327 e. The molecule has 1 atom stereocenters. The van der Waals surface area contributed by atoms with E-state index in [1.807, 2.05) is 18.9 Å². The van der Waals surface area contributed by atoms with E-state index in [0.29, 0.717) is 13.1 Å². The Morgan fingerprint density at radius 3 is 2.65 bits per heavy atom. The van der Waals surface area contributed by atoms with Gasteiger partial charge in [-0.2, -0.15) is 0 Å². The van der Waals surface area contributed by atoms with Crippen LogP contribution in [0.2, 0.25) is 0 Å². The molecule has 17 heavy (non-hydrogen) atoms. The molecule has 0 radical (unpaired) electrons. The van der Waals surface area contributed by atoms with Crippen molar-refractivity contribution in [1.82, 2.24) is 15.5 Å². The molecule has 96 valence electrons. The molecule has 2 amide bonds. The number of terminal acetylenes is 1. The summed E-state index contributed by atoms with van der Waals surface area (Å²) >= 11 is 0. The zero-order chi connectivity index (χ0) is 13.3. The van der Waals surface area contributed by atoms with Crippen LogP contribution in [-0.4, -0.2) is 54.7 Å². The second-order valence-corrected chi connectivity index (χ2v) is 3.60. The van der Waals surface area contributed by atoms with Crippen molar-refractivity contribution < 1.29 is 14.7 Å². The first-order chi connectivity index (χ1) is 8.01. The number of likely N-dealkylation sites (N-methyl/N-ethyl adjacent to an activating group) is 1. The highest BCUT2D eigenvalue weighted by Crippen LogP contribution is 1.90. The summed E-state index contributed by atoms with van der Waals surface area (Å²) in [6.07, 6.45) is 4.98. The number of rotatable bonds is 7. The average molecular weight is 241 g/mol. The lowest BCUT2D eigenvalue weighted by atomic mass is 10.2. The lowest BCUT2D eigenvalue weighted by Crippen LogP contribution is -2.47. The molecule has 0 aromatic heterocycles. The summed E-state index contributed by atoms with van der Waals surface area (Å²) in [7, 11) is 1.93. The van der Waals surface area contributed by atoms with E-state index in [2.05, 4.69) is 16.6 Å². The summed E-state index contributed by atoms with van der Waals surface area (Å²) in [6, 6.07) is -1.55. The number of nitrogens with zero attached hydrogens (tertiary/aromatic N) is 1. The lowest BCUT2D eigenvalue weighted by Gasteiger charge is -2.16. The molecule has 0 bridgehead atoms. The van der Waals surface area contributed by atoms with Gasteiger partial charge in [0.15, 0.2) is 0 Å². The molecule has 6 heteroatoms. The van der Waals surface area contributed by atoms with E-state index in [1.54, 1.807) is 0 Å². The van der Waals surface area contributed by atoms with Gasteiger partial charge in [0.25, 0.3) is 0 Å². The maximum absolute atomic E-state index is 11.3. The van der Waals surface area contributed by atoms with Crippen molar-refractivity contribution in [2.75, 3.05) is 26.7 Å². The Morgan fingerprint density at radius 2 is 2.18 bits per heavy atom. The molecule has 0 spiro atoms. The number of amides is 2. The number of aliphatic carboxylic acids is 1. The van der Waals surface area contributed by atoms with Gasteiger partial charge >= 0.3 is 12.0 Å². The van der Waals surface area contributed by atoms with Gasteiger partial charge in [-0.1, -0.05) is 6.92 Å². The minimum Gasteiger partial charge on any atom is -0.480 e. The molecule has 0 aliphatic carbocycles. The second kappa shape index (κ2) is 8.42. The largest absolute Gasteiger partial charge is 0.480 e. The molecule has 0 aromatic rings. The zero-order valence-corrected chi connectivity index (χ0v) is 10.2. The Labute approximate surface area is 101 Å². The zero-order valence-electron chi connectivity index (χ0n) is 10.2.